The summed E-state index contributed by atoms with van der Waals surface area (Å²) >= 11 is 0. The van der Waals surface area contributed by atoms with Gasteiger partial charge in [-0.05, 0) is 59.7 Å². The second-order valence-electron chi connectivity index (χ2n) is 8.64. The van der Waals surface area contributed by atoms with Crippen LogP contribution in [0.5, 0.6) is 28.7 Å². The first-order valence-corrected chi connectivity index (χ1v) is 12.1. The molecule has 0 aromatic heterocycles. The molecule has 192 valence electrons. The highest BCUT2D eigenvalue weighted by Gasteiger charge is 2.31. The Morgan fingerprint density at radius 1 is 0.897 bits per heavy atom. The lowest BCUT2D eigenvalue weighted by Gasteiger charge is -2.27. The molecule has 2 N–H and O–H groups in total. The molecule has 0 fully saturated rings. The number of para-hydroxylation sites is 1. The van der Waals surface area contributed by atoms with E-state index in [-0.39, 0.29) is 17.2 Å². The van der Waals surface area contributed by atoms with E-state index in [1.165, 1.54) is 6.08 Å². The number of carbonyl (C=O) groups excluding carboxylic acids is 1. The van der Waals surface area contributed by atoms with Gasteiger partial charge in [-0.15, -0.1) is 0 Å². The number of hydrogen-bond acceptors (Lipinski definition) is 7. The Morgan fingerprint density at radius 3 is 2.38 bits per heavy atom. The largest absolute Gasteiger partial charge is 0.497 e. The molecule has 7 nitrogen and oxygen atoms in total. The van der Waals surface area contributed by atoms with Crippen LogP contribution < -0.4 is 24.7 Å². The number of fused-ring (bicyclic) bond motifs is 1. The molecule has 0 radical (unpaired) electrons. The van der Waals surface area contributed by atoms with Crippen LogP contribution in [0.1, 0.15) is 22.6 Å². The van der Waals surface area contributed by atoms with Gasteiger partial charge in [-0.25, -0.2) is 4.79 Å². The molecule has 0 spiro atoms. The van der Waals surface area contributed by atoms with Crippen LogP contribution in [0.15, 0.2) is 115 Å². The topological polar surface area (TPSA) is 104 Å². The van der Waals surface area contributed by atoms with Crippen molar-refractivity contribution in [2.75, 3.05) is 7.11 Å². The second-order valence-corrected chi connectivity index (χ2v) is 8.64. The molecule has 1 unspecified atom stereocenters. The van der Waals surface area contributed by atoms with Crippen molar-refractivity contribution >= 4 is 12.0 Å². The van der Waals surface area contributed by atoms with Crippen molar-refractivity contribution < 1.29 is 23.7 Å². The Hall–Kier alpha value is -5.48. The maximum absolute atomic E-state index is 12.4. The lowest BCUT2D eigenvalue weighted by molar-refractivity contribution is -0.128. The first kappa shape index (κ1) is 25.2. The van der Waals surface area contributed by atoms with Gasteiger partial charge in [0.05, 0.1) is 13.0 Å². The number of hydrogen-bond donors (Lipinski definition) is 1. The highest BCUT2D eigenvalue weighted by atomic mass is 16.5. The highest BCUT2D eigenvalue weighted by Crippen LogP contribution is 2.44. The molecular formula is C32H24N2O5. The highest BCUT2D eigenvalue weighted by molar-refractivity contribution is 5.88. The molecule has 1 atom stereocenters. The number of methoxy groups -OCH3 is 1. The lowest BCUT2D eigenvalue weighted by Crippen LogP contribution is -2.21. The van der Waals surface area contributed by atoms with Crippen molar-refractivity contribution in [1.29, 1.82) is 5.26 Å². The molecule has 0 aliphatic carbocycles. The molecule has 1 aliphatic heterocycles. The van der Waals surface area contributed by atoms with Gasteiger partial charge in [0, 0.05) is 17.7 Å². The summed E-state index contributed by atoms with van der Waals surface area (Å²) in [7, 11) is 1.59. The summed E-state index contributed by atoms with van der Waals surface area (Å²) in [5.41, 5.74) is 8.78. The SMILES string of the molecule is COc1ccc(/C=C/C(=O)Oc2ccc3c(c2)OC(N)=C(C#N)C3c2cccc(Oc3ccccc3)c2)cc1. The van der Waals surface area contributed by atoms with Gasteiger partial charge < -0.3 is 24.7 Å². The Labute approximate surface area is 225 Å². The van der Waals surface area contributed by atoms with E-state index in [0.29, 0.717) is 22.8 Å². The van der Waals surface area contributed by atoms with Gasteiger partial charge in [0.15, 0.2) is 0 Å². The van der Waals surface area contributed by atoms with Crippen LogP contribution >= 0.6 is 0 Å². The standard InChI is InChI=1S/C32H24N2O5/c1-36-23-13-10-21(11-14-23)12-17-30(35)38-26-15-16-27-29(19-26)39-32(34)28(20-33)31(27)22-6-5-9-25(18-22)37-24-7-3-2-4-8-24/h2-19,31H,34H2,1H3/b17-12+. The van der Waals surface area contributed by atoms with Crippen LogP contribution in [0.2, 0.25) is 0 Å². The van der Waals surface area contributed by atoms with E-state index in [1.54, 1.807) is 43.5 Å². The summed E-state index contributed by atoms with van der Waals surface area (Å²) < 4.78 is 22.4. The van der Waals surface area contributed by atoms with Crippen molar-refractivity contribution in [2.45, 2.75) is 5.92 Å². The summed E-state index contributed by atoms with van der Waals surface area (Å²) in [6, 6.07) is 31.4. The predicted molar refractivity (Wildman–Crippen MR) is 146 cm³/mol. The number of nitriles is 1. The molecule has 0 bridgehead atoms. The average Bonchev–Trinajstić information content (AvgIpc) is 2.96. The molecule has 0 saturated heterocycles. The van der Waals surface area contributed by atoms with Gasteiger partial charge in [0.25, 0.3) is 0 Å². The van der Waals surface area contributed by atoms with Crippen molar-refractivity contribution in [1.82, 2.24) is 0 Å². The van der Waals surface area contributed by atoms with Gasteiger partial charge >= 0.3 is 5.97 Å². The van der Waals surface area contributed by atoms with Crippen molar-refractivity contribution in [2.24, 2.45) is 5.73 Å². The van der Waals surface area contributed by atoms with Crippen LogP contribution in [0.4, 0.5) is 0 Å². The third-order valence-corrected chi connectivity index (χ3v) is 6.11. The van der Waals surface area contributed by atoms with Gasteiger partial charge in [0.2, 0.25) is 5.88 Å². The minimum Gasteiger partial charge on any atom is -0.497 e. The Balaban J connectivity index is 1.38. The van der Waals surface area contributed by atoms with E-state index in [2.05, 4.69) is 6.07 Å². The number of carbonyl (C=O) groups is 1. The summed E-state index contributed by atoms with van der Waals surface area (Å²) in [6.45, 7) is 0. The van der Waals surface area contributed by atoms with Gasteiger partial charge in [-0.3, -0.25) is 0 Å². The molecule has 39 heavy (non-hydrogen) atoms. The fourth-order valence-corrected chi connectivity index (χ4v) is 4.25. The third kappa shape index (κ3) is 5.76. The van der Waals surface area contributed by atoms with Gasteiger partial charge in [0.1, 0.15) is 40.4 Å². The predicted octanol–water partition coefficient (Wildman–Crippen LogP) is 6.32. The summed E-state index contributed by atoms with van der Waals surface area (Å²) in [4.78, 5) is 12.4. The summed E-state index contributed by atoms with van der Waals surface area (Å²) in [5, 5.41) is 9.90. The third-order valence-electron chi connectivity index (χ3n) is 6.11. The smallest absolute Gasteiger partial charge is 0.336 e. The molecule has 0 saturated carbocycles. The fourth-order valence-electron chi connectivity index (χ4n) is 4.25. The maximum Gasteiger partial charge on any atom is 0.336 e. The van der Waals surface area contributed by atoms with Gasteiger partial charge in [-0.1, -0.05) is 48.5 Å². The second kappa shape index (κ2) is 11.3. The van der Waals surface area contributed by atoms with Crippen molar-refractivity contribution in [3.8, 4) is 34.8 Å². The molecule has 4 aromatic carbocycles. The van der Waals surface area contributed by atoms with E-state index < -0.39 is 11.9 Å². The molecule has 7 heteroatoms. The zero-order valence-corrected chi connectivity index (χ0v) is 21.0. The minimum atomic E-state index is -0.551. The van der Waals surface area contributed by atoms with E-state index >= 15 is 0 Å². The number of rotatable bonds is 7. The first-order chi connectivity index (χ1) is 19.0. The van der Waals surface area contributed by atoms with E-state index in [9.17, 15) is 10.1 Å². The van der Waals surface area contributed by atoms with E-state index in [1.807, 2.05) is 66.7 Å². The van der Waals surface area contributed by atoms with Crippen molar-refractivity contribution in [3.63, 3.8) is 0 Å². The number of allylic oxidation sites excluding steroid dienone is 1. The number of benzene rings is 4. The Kier molecular flexibility index (Phi) is 7.28. The molecular weight excluding hydrogens is 492 g/mol. The first-order valence-electron chi connectivity index (χ1n) is 12.1. The zero-order valence-electron chi connectivity index (χ0n) is 21.0. The number of esters is 1. The van der Waals surface area contributed by atoms with Crippen LogP contribution in [-0.2, 0) is 4.79 Å². The Bertz CT molecular complexity index is 1600. The monoisotopic (exact) mass is 516 g/mol. The Morgan fingerprint density at radius 2 is 1.64 bits per heavy atom. The number of ether oxygens (including phenoxy) is 4. The average molecular weight is 517 g/mol. The molecule has 0 amide bonds. The number of nitrogens with two attached hydrogens (primary N) is 1. The van der Waals surface area contributed by atoms with Crippen molar-refractivity contribution in [3.05, 3.63) is 131 Å². The maximum atomic E-state index is 12.4. The van der Waals surface area contributed by atoms with Crippen LogP contribution in [-0.4, -0.2) is 13.1 Å². The summed E-state index contributed by atoms with van der Waals surface area (Å²) in [6.07, 6.45) is 2.99. The molecule has 5 rings (SSSR count). The molecule has 4 aromatic rings. The van der Waals surface area contributed by atoms with Crippen LogP contribution in [0, 0.1) is 11.3 Å². The quantitative estimate of drug-likeness (QED) is 0.174. The van der Waals surface area contributed by atoms with Crippen LogP contribution in [0.25, 0.3) is 6.08 Å². The lowest BCUT2D eigenvalue weighted by atomic mass is 9.83. The summed E-state index contributed by atoms with van der Waals surface area (Å²) in [5.74, 6) is 1.68. The number of nitrogens with zero attached hydrogens (tertiary/aromatic N) is 1. The molecule has 1 heterocycles. The molecule has 1 aliphatic rings. The normalized spacial score (nSPS) is 14.2. The van der Waals surface area contributed by atoms with Crippen LogP contribution in [0.3, 0.4) is 0 Å². The minimum absolute atomic E-state index is 0.00717. The zero-order chi connectivity index (χ0) is 27.2. The van der Waals surface area contributed by atoms with Gasteiger partial charge in [-0.2, -0.15) is 5.26 Å². The fraction of sp³-hybridized carbons (Fsp3) is 0.0625. The van der Waals surface area contributed by atoms with E-state index in [4.69, 9.17) is 24.7 Å². The van der Waals surface area contributed by atoms with E-state index in [0.717, 1.165) is 16.9 Å².